The number of thioether (sulfide) groups is 1. The van der Waals surface area contributed by atoms with E-state index in [1.54, 1.807) is 30.0 Å². The quantitative estimate of drug-likeness (QED) is 0.265. The molecule has 0 radical (unpaired) electrons. The summed E-state index contributed by atoms with van der Waals surface area (Å²) in [5, 5.41) is 10.5. The second-order valence-electron chi connectivity index (χ2n) is 5.66. The SMILES string of the molecule is COC(=O)C(C#N)=Cc1cc(CSc2cc(Cl)ccc2Cl)c(C)cc1C. The van der Waals surface area contributed by atoms with E-state index in [2.05, 4.69) is 4.74 Å². The number of esters is 1. The zero-order chi connectivity index (χ0) is 19.3. The van der Waals surface area contributed by atoms with Crippen molar-refractivity contribution in [3.63, 3.8) is 0 Å². The van der Waals surface area contributed by atoms with Gasteiger partial charge in [0, 0.05) is 15.7 Å². The van der Waals surface area contributed by atoms with E-state index in [0.717, 1.165) is 27.1 Å². The third-order valence-electron chi connectivity index (χ3n) is 3.83. The molecule has 2 aromatic rings. The molecule has 0 bridgehead atoms. The number of rotatable bonds is 5. The Kier molecular flexibility index (Phi) is 7.16. The van der Waals surface area contributed by atoms with Crippen LogP contribution in [0.4, 0.5) is 0 Å². The van der Waals surface area contributed by atoms with E-state index in [1.807, 2.05) is 38.1 Å². The number of hydrogen-bond acceptors (Lipinski definition) is 4. The van der Waals surface area contributed by atoms with E-state index < -0.39 is 5.97 Å². The molecule has 0 saturated heterocycles. The van der Waals surface area contributed by atoms with E-state index in [4.69, 9.17) is 28.5 Å². The molecule has 3 nitrogen and oxygen atoms in total. The summed E-state index contributed by atoms with van der Waals surface area (Å²) in [5.74, 6) is 0.0433. The Labute approximate surface area is 167 Å². The maximum Gasteiger partial charge on any atom is 0.348 e. The van der Waals surface area contributed by atoms with Crippen LogP contribution in [0.15, 0.2) is 40.8 Å². The van der Waals surface area contributed by atoms with Gasteiger partial charge in [-0.15, -0.1) is 11.8 Å². The van der Waals surface area contributed by atoms with Gasteiger partial charge in [0.2, 0.25) is 0 Å². The van der Waals surface area contributed by atoms with E-state index in [9.17, 15) is 4.79 Å². The Bertz CT molecular complexity index is 917. The molecule has 6 heteroatoms. The lowest BCUT2D eigenvalue weighted by atomic mass is 9.99. The Morgan fingerprint density at radius 2 is 1.96 bits per heavy atom. The van der Waals surface area contributed by atoms with E-state index in [-0.39, 0.29) is 5.57 Å². The molecule has 134 valence electrons. The average molecular weight is 406 g/mol. The Morgan fingerprint density at radius 3 is 2.62 bits per heavy atom. The number of carbonyl (C=O) groups is 1. The lowest BCUT2D eigenvalue weighted by Crippen LogP contribution is -2.03. The highest BCUT2D eigenvalue weighted by Gasteiger charge is 2.11. The number of nitriles is 1. The normalized spacial score (nSPS) is 11.2. The van der Waals surface area contributed by atoms with E-state index in [1.165, 1.54) is 7.11 Å². The van der Waals surface area contributed by atoms with Crippen LogP contribution in [0, 0.1) is 25.2 Å². The minimum atomic E-state index is -0.644. The fourth-order valence-corrected chi connectivity index (χ4v) is 3.93. The third-order valence-corrected chi connectivity index (χ3v) is 5.61. The van der Waals surface area contributed by atoms with Gasteiger partial charge in [-0.3, -0.25) is 0 Å². The van der Waals surface area contributed by atoms with Crippen molar-refractivity contribution in [3.05, 3.63) is 68.2 Å². The first-order valence-corrected chi connectivity index (χ1v) is 9.48. The number of benzene rings is 2. The highest BCUT2D eigenvalue weighted by Crippen LogP contribution is 2.33. The minimum absolute atomic E-state index is 0.0315. The van der Waals surface area contributed by atoms with Gasteiger partial charge in [0.1, 0.15) is 11.6 Å². The Balaban J connectivity index is 2.33. The van der Waals surface area contributed by atoms with Gasteiger partial charge in [0.15, 0.2) is 0 Å². The molecule has 0 atom stereocenters. The smallest absolute Gasteiger partial charge is 0.348 e. The van der Waals surface area contributed by atoms with Crippen molar-refractivity contribution in [1.82, 2.24) is 0 Å². The lowest BCUT2D eigenvalue weighted by Gasteiger charge is -2.11. The van der Waals surface area contributed by atoms with Gasteiger partial charge in [-0.1, -0.05) is 35.3 Å². The fourth-order valence-electron chi connectivity index (χ4n) is 2.37. The molecule has 0 aliphatic heterocycles. The van der Waals surface area contributed by atoms with Crippen molar-refractivity contribution in [3.8, 4) is 6.07 Å². The lowest BCUT2D eigenvalue weighted by molar-refractivity contribution is -0.135. The molecular formula is C20H17Cl2NO2S. The molecule has 26 heavy (non-hydrogen) atoms. The standard InChI is InChI=1S/C20H17Cl2NO2S/c1-12-6-13(2)16(8-14(12)7-15(10-23)20(24)25-3)11-26-19-9-17(21)4-5-18(19)22/h4-9H,11H2,1-3H3. The van der Waals surface area contributed by atoms with Crippen molar-refractivity contribution in [1.29, 1.82) is 5.26 Å². The highest BCUT2D eigenvalue weighted by atomic mass is 35.5. The summed E-state index contributed by atoms with van der Waals surface area (Å²) in [6.45, 7) is 3.97. The fraction of sp³-hybridized carbons (Fsp3) is 0.200. The van der Waals surface area contributed by atoms with E-state index >= 15 is 0 Å². The van der Waals surface area contributed by atoms with Crippen molar-refractivity contribution in [2.45, 2.75) is 24.5 Å². The molecule has 0 saturated carbocycles. The molecular weight excluding hydrogens is 389 g/mol. The summed E-state index contributed by atoms with van der Waals surface area (Å²) in [6, 6.07) is 11.3. The average Bonchev–Trinajstić information content (AvgIpc) is 2.62. The summed E-state index contributed by atoms with van der Waals surface area (Å²) >= 11 is 13.8. The van der Waals surface area contributed by atoms with Crippen LogP contribution in [-0.4, -0.2) is 13.1 Å². The topological polar surface area (TPSA) is 50.1 Å². The summed E-state index contributed by atoms with van der Waals surface area (Å²) in [4.78, 5) is 12.6. The monoisotopic (exact) mass is 405 g/mol. The number of aryl methyl sites for hydroxylation is 2. The predicted octanol–water partition coefficient (Wildman–Crippen LogP) is 5.98. The molecule has 0 unspecified atom stereocenters. The van der Waals surface area contributed by atoms with Crippen LogP contribution in [-0.2, 0) is 15.3 Å². The van der Waals surface area contributed by atoms with E-state index in [0.29, 0.717) is 15.8 Å². The molecule has 2 aromatic carbocycles. The van der Waals surface area contributed by atoms with Crippen LogP contribution in [0.25, 0.3) is 6.08 Å². The second kappa shape index (κ2) is 9.14. The predicted molar refractivity (Wildman–Crippen MR) is 108 cm³/mol. The van der Waals surface area contributed by atoms with Crippen molar-refractivity contribution in [2.75, 3.05) is 7.11 Å². The third kappa shape index (κ3) is 5.04. The van der Waals surface area contributed by atoms with Gasteiger partial charge in [0.05, 0.1) is 12.1 Å². The largest absolute Gasteiger partial charge is 0.465 e. The zero-order valence-electron chi connectivity index (χ0n) is 14.6. The number of nitrogens with zero attached hydrogens (tertiary/aromatic N) is 1. The van der Waals surface area contributed by atoms with Crippen LogP contribution in [0.5, 0.6) is 0 Å². The van der Waals surface area contributed by atoms with Gasteiger partial charge < -0.3 is 4.74 Å². The first-order chi connectivity index (χ1) is 12.3. The molecule has 0 fully saturated rings. The van der Waals surface area contributed by atoms with Crippen LogP contribution in [0.1, 0.15) is 22.3 Å². The van der Waals surface area contributed by atoms with Crippen molar-refractivity contribution >= 4 is 47.0 Å². The first-order valence-electron chi connectivity index (χ1n) is 7.73. The summed E-state index contributed by atoms with van der Waals surface area (Å²) in [7, 11) is 1.26. The summed E-state index contributed by atoms with van der Waals surface area (Å²) < 4.78 is 4.64. The molecule has 2 rings (SSSR count). The molecule has 0 spiro atoms. The van der Waals surface area contributed by atoms with Gasteiger partial charge in [-0.25, -0.2) is 4.79 Å². The molecule has 0 aromatic heterocycles. The summed E-state index contributed by atoms with van der Waals surface area (Å²) in [5.41, 5.74) is 3.97. The van der Waals surface area contributed by atoms with Crippen LogP contribution >= 0.6 is 35.0 Å². The maximum absolute atomic E-state index is 11.6. The van der Waals surface area contributed by atoms with Crippen LogP contribution in [0.2, 0.25) is 10.0 Å². The second-order valence-corrected chi connectivity index (χ2v) is 7.52. The zero-order valence-corrected chi connectivity index (χ0v) is 16.9. The van der Waals surface area contributed by atoms with Gasteiger partial charge in [-0.2, -0.15) is 5.26 Å². The van der Waals surface area contributed by atoms with Gasteiger partial charge in [-0.05, 0) is 60.4 Å². The molecule has 0 aliphatic carbocycles. The maximum atomic E-state index is 11.6. The Hall–Kier alpha value is -1.93. The van der Waals surface area contributed by atoms with Gasteiger partial charge >= 0.3 is 5.97 Å². The number of carbonyl (C=O) groups excluding carboxylic acids is 1. The first kappa shape index (κ1) is 20.4. The number of halogens is 2. The Morgan fingerprint density at radius 1 is 1.23 bits per heavy atom. The van der Waals surface area contributed by atoms with Crippen LogP contribution < -0.4 is 0 Å². The highest BCUT2D eigenvalue weighted by molar-refractivity contribution is 7.98. The minimum Gasteiger partial charge on any atom is -0.465 e. The number of ether oxygens (including phenoxy) is 1. The molecule has 0 aliphatic rings. The van der Waals surface area contributed by atoms with Crippen LogP contribution in [0.3, 0.4) is 0 Å². The molecule has 0 heterocycles. The molecule has 0 N–H and O–H groups in total. The van der Waals surface area contributed by atoms with Gasteiger partial charge in [0.25, 0.3) is 0 Å². The summed E-state index contributed by atoms with van der Waals surface area (Å²) in [6.07, 6.45) is 1.56. The van der Waals surface area contributed by atoms with Crippen molar-refractivity contribution < 1.29 is 9.53 Å². The number of methoxy groups -OCH3 is 1. The number of hydrogen-bond donors (Lipinski definition) is 0. The molecule has 0 amide bonds. The van der Waals surface area contributed by atoms with Crippen molar-refractivity contribution in [2.24, 2.45) is 0 Å².